The van der Waals surface area contributed by atoms with E-state index in [-0.39, 0.29) is 0 Å². The van der Waals surface area contributed by atoms with E-state index in [1.54, 1.807) is 0 Å². The molecule has 2 nitrogen and oxygen atoms in total. The van der Waals surface area contributed by atoms with E-state index in [1.807, 2.05) is 6.92 Å². The molecule has 0 aliphatic rings. The first-order valence-corrected chi connectivity index (χ1v) is 12.0. The smallest absolute Gasteiger partial charge is 0.119 e. The number of nitrogens with zero attached hydrogens (tertiary/aromatic N) is 1. The van der Waals surface area contributed by atoms with Crippen LogP contribution in [0.15, 0.2) is 78.9 Å². The van der Waals surface area contributed by atoms with E-state index >= 15 is 0 Å². The van der Waals surface area contributed by atoms with Gasteiger partial charge in [0.25, 0.3) is 0 Å². The van der Waals surface area contributed by atoms with Gasteiger partial charge in [-0.15, -0.1) is 0 Å². The second kappa shape index (κ2) is 12.8. The topological polar surface area (TPSA) is 12.5 Å². The molecule has 168 valence electrons. The fourth-order valence-electron chi connectivity index (χ4n) is 3.83. The van der Waals surface area contributed by atoms with Crippen LogP contribution in [0.1, 0.15) is 63.5 Å². The molecule has 3 aromatic rings. The highest BCUT2D eigenvalue weighted by Gasteiger charge is 2.12. The molecule has 0 amide bonds. The predicted octanol–water partition coefficient (Wildman–Crippen LogP) is 9.24. The SMILES string of the molecule is C/C=C/c1ccc(N(c2ccc(C)cc2)c2ccc(OCCCCCCCC)cc2)cc1. The van der Waals surface area contributed by atoms with E-state index in [9.17, 15) is 0 Å². The molecular weight excluding hydrogens is 390 g/mol. The fraction of sp³-hybridized carbons (Fsp3) is 0.333. The van der Waals surface area contributed by atoms with E-state index < -0.39 is 0 Å². The van der Waals surface area contributed by atoms with Crippen LogP contribution in [0.4, 0.5) is 17.1 Å². The van der Waals surface area contributed by atoms with Crippen molar-refractivity contribution in [3.63, 3.8) is 0 Å². The van der Waals surface area contributed by atoms with Gasteiger partial charge in [0.1, 0.15) is 5.75 Å². The number of unbranched alkanes of at least 4 members (excludes halogenated alkanes) is 5. The Morgan fingerprint density at radius 3 is 1.81 bits per heavy atom. The van der Waals surface area contributed by atoms with Crippen molar-refractivity contribution in [1.29, 1.82) is 0 Å². The van der Waals surface area contributed by atoms with Gasteiger partial charge in [-0.25, -0.2) is 0 Å². The maximum Gasteiger partial charge on any atom is 0.119 e. The summed E-state index contributed by atoms with van der Waals surface area (Å²) in [4.78, 5) is 2.29. The molecule has 0 spiro atoms. The molecule has 32 heavy (non-hydrogen) atoms. The summed E-state index contributed by atoms with van der Waals surface area (Å²) in [5.74, 6) is 0.939. The van der Waals surface area contributed by atoms with Crippen LogP contribution in [-0.2, 0) is 0 Å². The molecule has 0 saturated heterocycles. The molecule has 0 unspecified atom stereocenters. The summed E-state index contributed by atoms with van der Waals surface area (Å²) < 4.78 is 5.99. The minimum absolute atomic E-state index is 0.791. The normalized spacial score (nSPS) is 11.1. The molecular formula is C30H37NO. The summed E-state index contributed by atoms with van der Waals surface area (Å²) in [5.41, 5.74) is 5.88. The van der Waals surface area contributed by atoms with E-state index in [1.165, 1.54) is 43.2 Å². The molecule has 0 heterocycles. The number of hydrogen-bond acceptors (Lipinski definition) is 2. The first kappa shape index (κ1) is 23.7. The van der Waals surface area contributed by atoms with E-state index in [0.29, 0.717) is 0 Å². The average molecular weight is 428 g/mol. The number of benzene rings is 3. The zero-order valence-electron chi connectivity index (χ0n) is 19.9. The monoisotopic (exact) mass is 427 g/mol. The van der Waals surface area contributed by atoms with Crippen molar-refractivity contribution in [2.75, 3.05) is 11.5 Å². The van der Waals surface area contributed by atoms with Crippen molar-refractivity contribution in [2.24, 2.45) is 0 Å². The largest absolute Gasteiger partial charge is 0.494 e. The second-order valence-corrected chi connectivity index (χ2v) is 8.37. The van der Waals surface area contributed by atoms with E-state index in [0.717, 1.165) is 35.8 Å². The van der Waals surface area contributed by atoms with Crippen LogP contribution in [0.25, 0.3) is 6.08 Å². The van der Waals surface area contributed by atoms with Crippen molar-refractivity contribution >= 4 is 23.1 Å². The molecule has 0 aromatic heterocycles. The maximum absolute atomic E-state index is 5.99. The molecule has 2 heteroatoms. The zero-order chi connectivity index (χ0) is 22.6. The first-order valence-electron chi connectivity index (χ1n) is 12.0. The fourth-order valence-corrected chi connectivity index (χ4v) is 3.83. The van der Waals surface area contributed by atoms with Crippen molar-refractivity contribution < 1.29 is 4.74 Å². The second-order valence-electron chi connectivity index (χ2n) is 8.37. The Hall–Kier alpha value is -3.00. The molecule has 0 aliphatic heterocycles. The third kappa shape index (κ3) is 7.02. The standard InChI is InChI=1S/C30H37NO/c1-4-6-7-8-9-10-24-32-30-22-20-29(21-23-30)31(27-16-12-25(3)13-17-27)28-18-14-26(11-5-2)15-19-28/h5,11-23H,4,6-10,24H2,1-3H3/b11-5+. The molecule has 0 aliphatic carbocycles. The highest BCUT2D eigenvalue weighted by molar-refractivity contribution is 5.77. The molecule has 0 bridgehead atoms. The molecule has 0 atom stereocenters. The zero-order valence-corrected chi connectivity index (χ0v) is 19.9. The Balaban J connectivity index is 1.71. The number of hydrogen-bond donors (Lipinski definition) is 0. The van der Waals surface area contributed by atoms with Crippen LogP contribution in [-0.4, -0.2) is 6.61 Å². The van der Waals surface area contributed by atoms with Crippen LogP contribution in [0, 0.1) is 6.92 Å². The number of aryl methyl sites for hydroxylation is 1. The summed E-state index contributed by atoms with van der Waals surface area (Å²) in [6, 6.07) is 25.8. The van der Waals surface area contributed by atoms with Crippen LogP contribution in [0.2, 0.25) is 0 Å². The lowest BCUT2D eigenvalue weighted by atomic mass is 10.1. The highest BCUT2D eigenvalue weighted by atomic mass is 16.5. The highest BCUT2D eigenvalue weighted by Crippen LogP contribution is 2.35. The minimum atomic E-state index is 0.791. The van der Waals surface area contributed by atoms with E-state index in [4.69, 9.17) is 4.74 Å². The number of ether oxygens (including phenoxy) is 1. The number of anilines is 3. The molecule has 3 rings (SSSR count). The maximum atomic E-state index is 5.99. The van der Waals surface area contributed by atoms with Crippen LogP contribution in [0.5, 0.6) is 5.75 Å². The minimum Gasteiger partial charge on any atom is -0.494 e. The van der Waals surface area contributed by atoms with Gasteiger partial charge in [-0.1, -0.05) is 81.0 Å². The summed E-state index contributed by atoms with van der Waals surface area (Å²) in [6.45, 7) is 7.21. The Bertz CT molecular complexity index is 940. The van der Waals surface area contributed by atoms with Crippen LogP contribution >= 0.6 is 0 Å². The van der Waals surface area contributed by atoms with Crippen LogP contribution < -0.4 is 9.64 Å². The third-order valence-corrected chi connectivity index (χ3v) is 5.66. The number of allylic oxidation sites excluding steroid dienone is 1. The molecule has 0 fully saturated rings. The Morgan fingerprint density at radius 2 is 1.22 bits per heavy atom. The van der Waals surface area contributed by atoms with Gasteiger partial charge in [0.05, 0.1) is 6.61 Å². The lowest BCUT2D eigenvalue weighted by Gasteiger charge is -2.26. The van der Waals surface area contributed by atoms with Gasteiger partial charge >= 0.3 is 0 Å². The lowest BCUT2D eigenvalue weighted by molar-refractivity contribution is 0.304. The molecule has 3 aromatic carbocycles. The Morgan fingerprint density at radius 1 is 0.688 bits per heavy atom. The van der Waals surface area contributed by atoms with E-state index in [2.05, 4.69) is 104 Å². The van der Waals surface area contributed by atoms with Crippen LogP contribution in [0.3, 0.4) is 0 Å². The lowest BCUT2D eigenvalue weighted by Crippen LogP contribution is -2.10. The Labute approximate surface area is 194 Å². The summed E-state index contributed by atoms with van der Waals surface area (Å²) in [5, 5.41) is 0. The van der Waals surface area contributed by atoms with Gasteiger partial charge in [0, 0.05) is 17.1 Å². The summed E-state index contributed by atoms with van der Waals surface area (Å²) in [7, 11) is 0. The molecule has 0 saturated carbocycles. The van der Waals surface area contributed by atoms with Gasteiger partial charge in [0.2, 0.25) is 0 Å². The van der Waals surface area contributed by atoms with Gasteiger partial charge in [-0.2, -0.15) is 0 Å². The predicted molar refractivity (Wildman–Crippen MR) is 139 cm³/mol. The van der Waals surface area contributed by atoms with Crippen molar-refractivity contribution in [1.82, 2.24) is 0 Å². The molecule has 0 radical (unpaired) electrons. The summed E-state index contributed by atoms with van der Waals surface area (Å²) in [6.07, 6.45) is 11.9. The Kier molecular flexibility index (Phi) is 9.43. The van der Waals surface area contributed by atoms with Gasteiger partial charge in [-0.05, 0) is 74.4 Å². The molecule has 0 N–H and O–H groups in total. The number of rotatable bonds is 12. The van der Waals surface area contributed by atoms with Crippen molar-refractivity contribution in [2.45, 2.75) is 59.3 Å². The average Bonchev–Trinajstić information content (AvgIpc) is 2.82. The first-order chi connectivity index (χ1) is 15.7. The third-order valence-electron chi connectivity index (χ3n) is 5.66. The summed E-state index contributed by atoms with van der Waals surface area (Å²) >= 11 is 0. The van der Waals surface area contributed by atoms with Gasteiger partial charge in [-0.3, -0.25) is 0 Å². The van der Waals surface area contributed by atoms with Crippen molar-refractivity contribution in [3.8, 4) is 5.75 Å². The van der Waals surface area contributed by atoms with Gasteiger partial charge in [0.15, 0.2) is 0 Å². The quantitative estimate of drug-likeness (QED) is 0.267. The van der Waals surface area contributed by atoms with Gasteiger partial charge < -0.3 is 9.64 Å². The van der Waals surface area contributed by atoms with Crippen molar-refractivity contribution in [3.05, 3.63) is 90.0 Å².